The molecule has 0 spiro atoms. The van der Waals surface area contributed by atoms with Gasteiger partial charge in [-0.2, -0.15) is 0 Å². The Balaban J connectivity index is 2.37. The molecule has 2 aromatic heterocycles. The number of halogens is 2. The van der Waals surface area contributed by atoms with Crippen molar-refractivity contribution in [2.75, 3.05) is 0 Å². The van der Waals surface area contributed by atoms with E-state index in [1.807, 2.05) is 0 Å². The number of ketones is 1. The van der Waals surface area contributed by atoms with Crippen molar-refractivity contribution < 1.29 is 4.79 Å². The Hall–Kier alpha value is -1.78. The van der Waals surface area contributed by atoms with E-state index in [9.17, 15) is 4.79 Å². The van der Waals surface area contributed by atoms with Crippen molar-refractivity contribution in [1.82, 2.24) is 15.0 Å². The van der Waals surface area contributed by atoms with Gasteiger partial charge in [0.05, 0.1) is 18.1 Å². The van der Waals surface area contributed by atoms with Crippen molar-refractivity contribution in [1.29, 1.82) is 0 Å². The van der Waals surface area contributed by atoms with Gasteiger partial charge in [0.15, 0.2) is 0 Å². The van der Waals surface area contributed by atoms with Crippen LogP contribution in [0.1, 0.15) is 21.7 Å². The Kier molecular flexibility index (Phi) is 3.69. The maximum atomic E-state index is 12.1. The van der Waals surface area contributed by atoms with Gasteiger partial charge >= 0.3 is 0 Å². The summed E-state index contributed by atoms with van der Waals surface area (Å²) in [5.74, 6) is -0.315. The van der Waals surface area contributed by atoms with Gasteiger partial charge in [-0.3, -0.25) is 9.78 Å². The van der Waals surface area contributed by atoms with Crippen LogP contribution in [0.4, 0.5) is 0 Å². The molecule has 0 atom stereocenters. The zero-order valence-corrected chi connectivity index (χ0v) is 10.6. The average Bonchev–Trinajstić information content (AvgIpc) is 2.37. The quantitative estimate of drug-likeness (QED) is 0.640. The van der Waals surface area contributed by atoms with Gasteiger partial charge in [0.1, 0.15) is 16.0 Å². The Morgan fingerprint density at radius 3 is 2.33 bits per heavy atom. The highest BCUT2D eigenvalue weighted by Crippen LogP contribution is 2.17. The normalized spacial score (nSPS) is 10.1. The number of hydrogen-bond acceptors (Lipinski definition) is 4. The predicted molar refractivity (Wildman–Crippen MR) is 69.8 cm³/mol. The highest BCUT2D eigenvalue weighted by atomic mass is 35.5. The van der Waals surface area contributed by atoms with Crippen LogP contribution in [-0.2, 0) is 0 Å². The summed E-state index contributed by atoms with van der Waals surface area (Å²) in [4.78, 5) is 23.8. The minimum atomic E-state index is -0.315. The van der Waals surface area contributed by atoms with E-state index in [2.05, 4.69) is 21.5 Å². The van der Waals surface area contributed by atoms with E-state index in [0.29, 0.717) is 11.3 Å². The molecule has 0 aliphatic rings. The largest absolute Gasteiger partial charge is 0.287 e. The number of carbonyl (C=O) groups is 1. The Bertz CT molecular complexity index is 591. The second kappa shape index (κ2) is 5.25. The molecule has 2 heterocycles. The van der Waals surface area contributed by atoms with Crippen LogP contribution in [0.15, 0.2) is 31.1 Å². The number of carbonyl (C=O) groups excluding carboxylic acids is 1. The van der Waals surface area contributed by atoms with Crippen molar-refractivity contribution in [2.24, 2.45) is 0 Å². The maximum Gasteiger partial charge on any atom is 0.213 e. The van der Waals surface area contributed by atoms with Gasteiger partial charge in [0.2, 0.25) is 5.78 Å². The van der Waals surface area contributed by atoms with Crippen molar-refractivity contribution in [3.63, 3.8) is 0 Å². The third-order valence-corrected chi connectivity index (χ3v) is 2.53. The standard InChI is InChI=1S/C12H7Cl2N3O/c1-2-8-5-16-9(6-15-8)12(18)7-3-10(13)17-11(14)4-7/h2-6H,1H2. The minimum Gasteiger partial charge on any atom is -0.287 e. The van der Waals surface area contributed by atoms with Crippen LogP contribution in [0.25, 0.3) is 6.08 Å². The monoisotopic (exact) mass is 279 g/mol. The fourth-order valence-electron chi connectivity index (χ4n) is 1.30. The van der Waals surface area contributed by atoms with Crippen molar-refractivity contribution >= 4 is 35.1 Å². The van der Waals surface area contributed by atoms with Crippen LogP contribution < -0.4 is 0 Å². The van der Waals surface area contributed by atoms with Crippen LogP contribution in [-0.4, -0.2) is 20.7 Å². The molecule has 0 radical (unpaired) electrons. The van der Waals surface area contributed by atoms with E-state index >= 15 is 0 Å². The van der Waals surface area contributed by atoms with Crippen LogP contribution in [0.5, 0.6) is 0 Å². The molecule has 0 aromatic carbocycles. The fourth-order valence-corrected chi connectivity index (χ4v) is 1.77. The first-order chi connectivity index (χ1) is 8.60. The predicted octanol–water partition coefficient (Wildman–Crippen LogP) is 3.05. The highest BCUT2D eigenvalue weighted by molar-refractivity contribution is 6.33. The molecule has 0 unspecified atom stereocenters. The van der Waals surface area contributed by atoms with E-state index < -0.39 is 0 Å². The third kappa shape index (κ3) is 2.72. The van der Waals surface area contributed by atoms with E-state index in [1.165, 1.54) is 24.5 Å². The SMILES string of the molecule is C=Cc1cnc(C(=O)c2cc(Cl)nc(Cl)c2)cn1. The first kappa shape index (κ1) is 12.7. The summed E-state index contributed by atoms with van der Waals surface area (Å²) in [6.45, 7) is 3.56. The van der Waals surface area contributed by atoms with Crippen molar-refractivity contribution in [3.8, 4) is 0 Å². The van der Waals surface area contributed by atoms with Gasteiger partial charge < -0.3 is 0 Å². The molecule has 18 heavy (non-hydrogen) atoms. The first-order valence-corrected chi connectivity index (χ1v) is 5.68. The summed E-state index contributed by atoms with van der Waals surface area (Å²) >= 11 is 11.5. The van der Waals surface area contributed by atoms with Gasteiger partial charge in [-0.05, 0) is 18.2 Å². The average molecular weight is 280 g/mol. The van der Waals surface area contributed by atoms with Gasteiger partial charge in [0, 0.05) is 5.56 Å². The minimum absolute atomic E-state index is 0.154. The second-order valence-corrected chi connectivity index (χ2v) is 4.14. The van der Waals surface area contributed by atoms with Crippen LogP contribution >= 0.6 is 23.2 Å². The van der Waals surface area contributed by atoms with Crippen LogP contribution in [0, 0.1) is 0 Å². The lowest BCUT2D eigenvalue weighted by molar-refractivity contribution is 0.103. The molecule has 0 aliphatic carbocycles. The van der Waals surface area contributed by atoms with Crippen LogP contribution in [0.3, 0.4) is 0 Å². The number of aromatic nitrogens is 3. The summed E-state index contributed by atoms with van der Waals surface area (Å²) in [5.41, 5.74) is 1.12. The first-order valence-electron chi connectivity index (χ1n) is 4.92. The lowest BCUT2D eigenvalue weighted by atomic mass is 10.1. The molecule has 90 valence electrons. The van der Waals surface area contributed by atoms with Gasteiger partial charge in [-0.25, -0.2) is 9.97 Å². The van der Waals surface area contributed by atoms with E-state index in [1.54, 1.807) is 6.08 Å². The van der Waals surface area contributed by atoms with E-state index in [4.69, 9.17) is 23.2 Å². The summed E-state index contributed by atoms with van der Waals surface area (Å²) < 4.78 is 0. The fraction of sp³-hybridized carbons (Fsp3) is 0. The Labute approximate surface area is 113 Å². The number of hydrogen-bond donors (Lipinski definition) is 0. The second-order valence-electron chi connectivity index (χ2n) is 3.36. The zero-order valence-electron chi connectivity index (χ0n) is 9.10. The maximum absolute atomic E-state index is 12.1. The lowest BCUT2D eigenvalue weighted by Gasteiger charge is -2.01. The topological polar surface area (TPSA) is 55.7 Å². The number of rotatable bonds is 3. The smallest absolute Gasteiger partial charge is 0.213 e. The molecule has 2 aromatic rings. The van der Waals surface area contributed by atoms with Gasteiger partial charge in [-0.15, -0.1) is 0 Å². The molecule has 0 saturated carbocycles. The van der Waals surface area contributed by atoms with Crippen LogP contribution in [0.2, 0.25) is 10.3 Å². The Morgan fingerprint density at radius 2 is 1.83 bits per heavy atom. The van der Waals surface area contributed by atoms with E-state index in [0.717, 1.165) is 0 Å². The molecular weight excluding hydrogens is 273 g/mol. The molecular formula is C12H7Cl2N3O. The molecule has 6 heteroatoms. The summed E-state index contributed by atoms with van der Waals surface area (Å²) in [5, 5.41) is 0.308. The molecule has 2 rings (SSSR count). The number of nitrogens with zero attached hydrogens (tertiary/aromatic N) is 3. The molecule has 0 amide bonds. The highest BCUT2D eigenvalue weighted by Gasteiger charge is 2.13. The van der Waals surface area contributed by atoms with Crippen molar-refractivity contribution in [2.45, 2.75) is 0 Å². The van der Waals surface area contributed by atoms with Crippen molar-refractivity contribution in [3.05, 3.63) is 58.4 Å². The third-order valence-electron chi connectivity index (χ3n) is 2.14. The summed E-state index contributed by atoms with van der Waals surface area (Å²) in [6.07, 6.45) is 4.38. The molecule has 0 bridgehead atoms. The number of pyridine rings is 1. The summed E-state index contributed by atoms with van der Waals surface area (Å²) in [6, 6.07) is 2.86. The zero-order chi connectivity index (χ0) is 13.1. The van der Waals surface area contributed by atoms with Gasteiger partial charge in [0.25, 0.3) is 0 Å². The molecule has 0 aliphatic heterocycles. The molecule has 0 fully saturated rings. The van der Waals surface area contributed by atoms with Gasteiger partial charge in [-0.1, -0.05) is 29.8 Å². The molecule has 0 N–H and O–H groups in total. The molecule has 4 nitrogen and oxygen atoms in total. The Morgan fingerprint density at radius 1 is 1.17 bits per heavy atom. The lowest BCUT2D eigenvalue weighted by Crippen LogP contribution is -2.05. The van der Waals surface area contributed by atoms with E-state index in [-0.39, 0.29) is 21.8 Å². The summed E-state index contributed by atoms with van der Waals surface area (Å²) in [7, 11) is 0. The molecule has 0 saturated heterocycles.